The Hall–Kier alpha value is -2.76. The number of aryl methyl sites for hydroxylation is 1. The van der Waals surface area contributed by atoms with Gasteiger partial charge < -0.3 is 29.7 Å². The molecule has 10 nitrogen and oxygen atoms in total. The first kappa shape index (κ1) is 24.9. The summed E-state index contributed by atoms with van der Waals surface area (Å²) in [5, 5.41) is 14.1. The van der Waals surface area contributed by atoms with E-state index in [9.17, 15) is 14.4 Å². The van der Waals surface area contributed by atoms with Gasteiger partial charge in [0.1, 0.15) is 11.1 Å². The van der Waals surface area contributed by atoms with Gasteiger partial charge in [0.2, 0.25) is 0 Å². The number of rotatable bonds is 10. The van der Waals surface area contributed by atoms with E-state index in [0.717, 1.165) is 44.3 Å². The van der Waals surface area contributed by atoms with E-state index in [2.05, 4.69) is 21.1 Å². The van der Waals surface area contributed by atoms with E-state index in [-0.39, 0.29) is 30.8 Å². The second kappa shape index (κ2) is 11.9. The van der Waals surface area contributed by atoms with E-state index in [1.807, 2.05) is 12.3 Å². The lowest BCUT2D eigenvalue weighted by Crippen LogP contribution is -2.56. The van der Waals surface area contributed by atoms with Crippen molar-refractivity contribution in [3.8, 4) is 0 Å². The van der Waals surface area contributed by atoms with Crippen molar-refractivity contribution in [3.05, 3.63) is 28.2 Å². The molecule has 1 fully saturated rings. The summed E-state index contributed by atoms with van der Waals surface area (Å²) >= 11 is 1.29. The van der Waals surface area contributed by atoms with Crippen LogP contribution in [0.3, 0.4) is 0 Å². The van der Waals surface area contributed by atoms with Crippen LogP contribution in [-0.2, 0) is 14.3 Å². The Kier molecular flexibility index (Phi) is 8.98. The molecule has 11 heteroatoms. The molecule has 3 amide bonds. The normalized spacial score (nSPS) is 15.5. The average Bonchev–Trinajstić information content (AvgIpc) is 3.34. The first-order valence-electron chi connectivity index (χ1n) is 11.1. The number of methoxy groups -OCH3 is 1. The maximum Gasteiger partial charge on any atom is 0.280 e. The number of aromatic nitrogens is 1. The van der Waals surface area contributed by atoms with Gasteiger partial charge >= 0.3 is 0 Å². The minimum absolute atomic E-state index is 0.159. The van der Waals surface area contributed by atoms with Gasteiger partial charge in [-0.05, 0) is 43.6 Å². The van der Waals surface area contributed by atoms with Gasteiger partial charge in [-0.3, -0.25) is 14.4 Å². The quantitative estimate of drug-likeness (QED) is 0.356. The summed E-state index contributed by atoms with van der Waals surface area (Å²) in [7, 11) is 1.57. The lowest BCUT2D eigenvalue weighted by atomic mass is 10.2. The molecule has 1 aliphatic rings. The van der Waals surface area contributed by atoms with E-state index >= 15 is 0 Å². The minimum atomic E-state index is -0.244. The fraction of sp³-hybridized carbons (Fsp3) is 0.545. The number of amides is 3. The van der Waals surface area contributed by atoms with Gasteiger partial charge in [-0.15, -0.1) is 11.3 Å². The first-order valence-corrected chi connectivity index (χ1v) is 12.0. The van der Waals surface area contributed by atoms with Gasteiger partial charge in [-0.25, -0.2) is 0 Å². The highest BCUT2D eigenvalue weighted by Crippen LogP contribution is 2.28. The number of quaternary nitrogens is 1. The molecule has 3 N–H and O–H groups in total. The molecule has 2 aromatic heterocycles. The Labute approximate surface area is 197 Å². The molecule has 33 heavy (non-hydrogen) atoms. The predicted octanol–water partition coefficient (Wildman–Crippen LogP) is 2.39. The number of hydrogen-bond donors (Lipinski definition) is 3. The SMILES string of the molecule is COCCNC(=O)c1scc(C)c1NC(=O)C[N+]1(CC(=O)Nc2ccon2)CCCCCC1. The number of ether oxygens (including phenoxy) is 1. The van der Waals surface area contributed by atoms with E-state index in [1.54, 1.807) is 13.2 Å². The molecular formula is C22H32N5O5S+. The van der Waals surface area contributed by atoms with Gasteiger partial charge in [0.15, 0.2) is 18.9 Å². The lowest BCUT2D eigenvalue weighted by molar-refractivity contribution is -0.912. The highest BCUT2D eigenvalue weighted by Gasteiger charge is 2.34. The van der Waals surface area contributed by atoms with Crippen LogP contribution in [0.4, 0.5) is 11.5 Å². The van der Waals surface area contributed by atoms with Crippen molar-refractivity contribution in [1.82, 2.24) is 10.5 Å². The van der Waals surface area contributed by atoms with E-state index in [1.165, 1.54) is 17.6 Å². The Morgan fingerprint density at radius 3 is 2.45 bits per heavy atom. The Balaban J connectivity index is 1.69. The number of nitrogens with one attached hydrogen (secondary N) is 3. The van der Waals surface area contributed by atoms with Crippen LogP contribution >= 0.6 is 11.3 Å². The van der Waals surface area contributed by atoms with Gasteiger partial charge in [0, 0.05) is 19.7 Å². The zero-order valence-electron chi connectivity index (χ0n) is 19.1. The molecule has 0 radical (unpaired) electrons. The third-order valence-electron chi connectivity index (χ3n) is 5.72. The summed E-state index contributed by atoms with van der Waals surface area (Å²) in [6, 6.07) is 1.58. The molecule has 180 valence electrons. The maximum atomic E-state index is 13.1. The van der Waals surface area contributed by atoms with Crippen LogP contribution in [0.2, 0.25) is 0 Å². The Morgan fingerprint density at radius 2 is 1.82 bits per heavy atom. The monoisotopic (exact) mass is 478 g/mol. The fourth-order valence-corrected chi connectivity index (χ4v) is 5.01. The molecule has 0 bridgehead atoms. The fourth-order valence-electron chi connectivity index (χ4n) is 4.09. The summed E-state index contributed by atoms with van der Waals surface area (Å²) in [4.78, 5) is 38.9. The highest BCUT2D eigenvalue weighted by atomic mass is 32.1. The summed E-state index contributed by atoms with van der Waals surface area (Å²) < 4.78 is 10.1. The average molecular weight is 479 g/mol. The molecule has 3 heterocycles. The van der Waals surface area contributed by atoms with Gasteiger partial charge in [-0.2, -0.15) is 0 Å². The van der Waals surface area contributed by atoms with E-state index in [0.29, 0.717) is 34.0 Å². The third-order valence-corrected chi connectivity index (χ3v) is 6.81. The molecule has 0 aromatic carbocycles. The van der Waals surface area contributed by atoms with Gasteiger partial charge in [-0.1, -0.05) is 5.16 Å². The number of nitrogens with zero attached hydrogens (tertiary/aromatic N) is 2. The maximum absolute atomic E-state index is 13.1. The van der Waals surface area contributed by atoms with E-state index < -0.39 is 0 Å². The summed E-state index contributed by atoms with van der Waals surface area (Å²) in [6.45, 7) is 4.48. The van der Waals surface area contributed by atoms with Gasteiger partial charge in [0.05, 0.1) is 25.4 Å². The van der Waals surface area contributed by atoms with Crippen LogP contribution < -0.4 is 16.0 Å². The van der Waals surface area contributed by atoms with E-state index in [4.69, 9.17) is 9.26 Å². The predicted molar refractivity (Wildman–Crippen MR) is 125 cm³/mol. The molecule has 0 spiro atoms. The lowest BCUT2D eigenvalue weighted by Gasteiger charge is -2.36. The second-order valence-electron chi connectivity index (χ2n) is 8.37. The van der Waals surface area contributed by atoms with Crippen molar-refractivity contribution >= 4 is 40.6 Å². The van der Waals surface area contributed by atoms with Gasteiger partial charge in [0.25, 0.3) is 17.7 Å². The smallest absolute Gasteiger partial charge is 0.280 e. The van der Waals surface area contributed by atoms with Crippen LogP contribution in [0.1, 0.15) is 40.9 Å². The van der Waals surface area contributed by atoms with Crippen LogP contribution in [0.5, 0.6) is 0 Å². The molecule has 0 atom stereocenters. The standard InChI is InChI=1S/C22H31N5O5S/c1-16-15-33-21(22(30)23-8-12-31-2)20(16)25-19(29)14-27(9-5-3-4-6-10-27)13-18(28)24-17-7-11-32-26-17/h7,11,15H,3-6,8-10,12-14H2,1-2H3,(H2-,23,24,25,26,28,29,30)/p+1. The number of anilines is 2. The van der Waals surface area contributed by atoms with Crippen molar-refractivity contribution in [2.75, 3.05) is 57.1 Å². The number of thiophene rings is 1. The molecule has 3 rings (SSSR count). The third kappa shape index (κ3) is 7.11. The number of likely N-dealkylation sites (tertiary alicyclic amines) is 1. The molecular weight excluding hydrogens is 446 g/mol. The van der Waals surface area contributed by atoms with Crippen molar-refractivity contribution in [1.29, 1.82) is 0 Å². The molecule has 0 aliphatic carbocycles. The molecule has 1 aliphatic heterocycles. The molecule has 2 aromatic rings. The van der Waals surface area contributed by atoms with Crippen molar-refractivity contribution < 1.29 is 28.1 Å². The van der Waals surface area contributed by atoms with Crippen LogP contribution in [0.15, 0.2) is 22.2 Å². The van der Waals surface area contributed by atoms with Crippen LogP contribution in [0.25, 0.3) is 0 Å². The van der Waals surface area contributed by atoms with Crippen molar-refractivity contribution in [3.63, 3.8) is 0 Å². The topological polar surface area (TPSA) is 123 Å². The molecule has 0 unspecified atom stereocenters. The largest absolute Gasteiger partial charge is 0.383 e. The zero-order chi connectivity index (χ0) is 23.7. The summed E-state index contributed by atoms with van der Waals surface area (Å²) in [5.41, 5.74) is 1.36. The Morgan fingerprint density at radius 1 is 1.12 bits per heavy atom. The zero-order valence-corrected chi connectivity index (χ0v) is 20.0. The highest BCUT2D eigenvalue weighted by molar-refractivity contribution is 7.13. The first-order chi connectivity index (χ1) is 15.9. The molecule has 1 saturated heterocycles. The second-order valence-corrected chi connectivity index (χ2v) is 9.25. The summed E-state index contributed by atoms with van der Waals surface area (Å²) in [6.07, 6.45) is 5.47. The van der Waals surface area contributed by atoms with Crippen molar-refractivity contribution in [2.24, 2.45) is 0 Å². The number of carbonyl (C=O) groups is 3. The molecule has 0 saturated carbocycles. The number of carbonyl (C=O) groups excluding carboxylic acids is 3. The van der Waals surface area contributed by atoms with Crippen LogP contribution in [0, 0.1) is 6.92 Å². The minimum Gasteiger partial charge on any atom is -0.383 e. The summed E-state index contributed by atoms with van der Waals surface area (Å²) in [5.74, 6) is -0.302. The van der Waals surface area contributed by atoms with Crippen LogP contribution in [-0.4, -0.2) is 73.8 Å². The van der Waals surface area contributed by atoms with Crippen molar-refractivity contribution in [2.45, 2.75) is 32.6 Å². The Bertz CT molecular complexity index is 935. The number of hydrogen-bond acceptors (Lipinski definition) is 7.